The van der Waals surface area contributed by atoms with Gasteiger partial charge in [0.2, 0.25) is 0 Å². The topological polar surface area (TPSA) is 116 Å². The lowest BCUT2D eigenvalue weighted by molar-refractivity contribution is 0.102. The second kappa shape index (κ2) is 6.91. The number of nitrogens with one attached hydrogen (secondary N) is 2. The van der Waals surface area contributed by atoms with Crippen LogP contribution >= 0.6 is 0 Å². The Labute approximate surface area is 148 Å². The molecule has 0 atom stereocenters. The average molecular weight is 348 g/mol. The second-order valence-electron chi connectivity index (χ2n) is 5.42. The van der Waals surface area contributed by atoms with Crippen molar-refractivity contribution in [2.75, 3.05) is 11.1 Å². The van der Waals surface area contributed by atoms with Gasteiger partial charge in [-0.05, 0) is 36.4 Å². The van der Waals surface area contributed by atoms with Crippen LogP contribution in [0.2, 0.25) is 0 Å². The van der Waals surface area contributed by atoms with Gasteiger partial charge in [-0.15, -0.1) is 0 Å². The first-order valence-electron chi connectivity index (χ1n) is 7.52. The van der Waals surface area contributed by atoms with Gasteiger partial charge in [0, 0.05) is 22.5 Å². The summed E-state index contributed by atoms with van der Waals surface area (Å²) in [5.41, 5.74) is 7.22. The summed E-state index contributed by atoms with van der Waals surface area (Å²) in [6, 6.07) is 11.9. The minimum absolute atomic E-state index is 0.130. The number of carbonyl (C=O) groups is 1. The first-order valence-corrected chi connectivity index (χ1v) is 7.52. The van der Waals surface area contributed by atoms with Crippen LogP contribution in [-0.4, -0.2) is 11.6 Å². The van der Waals surface area contributed by atoms with Gasteiger partial charge in [0.25, 0.3) is 5.91 Å². The molecule has 3 rings (SSSR count). The van der Waals surface area contributed by atoms with Crippen LogP contribution in [0.4, 0.5) is 15.8 Å². The molecule has 0 bridgehead atoms. The molecule has 0 spiro atoms. The maximum atomic E-state index is 14.1. The van der Waals surface area contributed by atoms with Crippen LogP contribution in [0.1, 0.15) is 27.0 Å². The maximum Gasteiger partial charge on any atom is 0.258 e. The van der Waals surface area contributed by atoms with E-state index < -0.39 is 11.7 Å². The SMILES string of the molecule is N#Cc1cccc(C(=O)Nc2ccc(N)c(C(=N)c3ccoc3)c2)c1F. The number of nitrogens with zero attached hydrogens (tertiary/aromatic N) is 1. The van der Waals surface area contributed by atoms with Gasteiger partial charge in [0.05, 0.1) is 29.4 Å². The van der Waals surface area contributed by atoms with Crippen molar-refractivity contribution in [2.45, 2.75) is 0 Å². The van der Waals surface area contributed by atoms with E-state index in [4.69, 9.17) is 20.8 Å². The number of anilines is 2. The molecule has 0 unspecified atom stereocenters. The van der Waals surface area contributed by atoms with Crippen molar-refractivity contribution < 1.29 is 13.6 Å². The summed E-state index contributed by atoms with van der Waals surface area (Å²) in [4.78, 5) is 12.3. The third-order valence-electron chi connectivity index (χ3n) is 3.75. The fourth-order valence-electron chi connectivity index (χ4n) is 2.40. The molecule has 0 saturated carbocycles. The monoisotopic (exact) mass is 348 g/mol. The summed E-state index contributed by atoms with van der Waals surface area (Å²) in [6.07, 6.45) is 2.85. The van der Waals surface area contributed by atoms with E-state index in [0.717, 1.165) is 0 Å². The summed E-state index contributed by atoms with van der Waals surface area (Å²) in [5, 5.41) is 19.6. The Balaban J connectivity index is 1.90. The van der Waals surface area contributed by atoms with Crippen LogP contribution in [0, 0.1) is 22.6 Å². The van der Waals surface area contributed by atoms with Crippen molar-refractivity contribution >= 4 is 23.0 Å². The second-order valence-corrected chi connectivity index (χ2v) is 5.42. The molecule has 0 radical (unpaired) electrons. The summed E-state index contributed by atoms with van der Waals surface area (Å²) in [5.74, 6) is -1.58. The van der Waals surface area contributed by atoms with Gasteiger partial charge in [-0.2, -0.15) is 5.26 Å². The molecule has 0 aliphatic carbocycles. The number of amides is 1. The van der Waals surface area contributed by atoms with E-state index in [1.165, 1.54) is 36.8 Å². The normalized spacial score (nSPS) is 10.2. The van der Waals surface area contributed by atoms with Gasteiger partial charge in [0.15, 0.2) is 5.82 Å². The number of nitriles is 1. The number of furan rings is 1. The fourth-order valence-corrected chi connectivity index (χ4v) is 2.40. The largest absolute Gasteiger partial charge is 0.472 e. The number of hydrogen-bond acceptors (Lipinski definition) is 5. The molecule has 1 amide bonds. The number of rotatable bonds is 4. The van der Waals surface area contributed by atoms with Crippen LogP contribution in [0.3, 0.4) is 0 Å². The van der Waals surface area contributed by atoms with E-state index in [1.807, 2.05) is 0 Å². The molecule has 4 N–H and O–H groups in total. The van der Waals surface area contributed by atoms with Gasteiger partial charge < -0.3 is 15.5 Å². The summed E-state index contributed by atoms with van der Waals surface area (Å²) >= 11 is 0. The van der Waals surface area contributed by atoms with E-state index in [-0.39, 0.29) is 16.8 Å². The standard InChI is InChI=1S/C19H13FN4O2/c20-17-11(9-21)2-1-3-14(17)19(25)24-13-4-5-16(22)15(8-13)18(23)12-6-7-26-10-12/h1-8,10,23H,22H2,(H,24,25). The zero-order chi connectivity index (χ0) is 18.7. The van der Waals surface area contributed by atoms with Crippen LogP contribution in [0.25, 0.3) is 0 Å². The molecule has 0 aliphatic heterocycles. The van der Waals surface area contributed by atoms with E-state index >= 15 is 0 Å². The molecule has 0 saturated heterocycles. The Morgan fingerprint density at radius 2 is 2.04 bits per heavy atom. The predicted octanol–water partition coefficient (Wildman–Crippen LogP) is 3.54. The Morgan fingerprint density at radius 1 is 1.23 bits per heavy atom. The lowest BCUT2D eigenvalue weighted by atomic mass is 10.0. The highest BCUT2D eigenvalue weighted by Gasteiger charge is 2.16. The van der Waals surface area contributed by atoms with Gasteiger partial charge in [-0.1, -0.05) is 6.07 Å². The lowest BCUT2D eigenvalue weighted by Crippen LogP contribution is -2.15. The Bertz CT molecular complexity index is 1040. The summed E-state index contributed by atoms with van der Waals surface area (Å²) in [6.45, 7) is 0. The zero-order valence-electron chi connectivity index (χ0n) is 13.4. The van der Waals surface area contributed by atoms with Gasteiger partial charge in [0.1, 0.15) is 6.07 Å². The zero-order valence-corrected chi connectivity index (χ0v) is 13.4. The highest BCUT2D eigenvalue weighted by atomic mass is 19.1. The molecule has 3 aromatic rings. The average Bonchev–Trinajstić information content (AvgIpc) is 3.17. The van der Waals surface area contributed by atoms with Gasteiger partial charge in [-0.3, -0.25) is 10.2 Å². The number of benzene rings is 2. The van der Waals surface area contributed by atoms with Crippen molar-refractivity contribution in [3.8, 4) is 6.07 Å². The van der Waals surface area contributed by atoms with Crippen molar-refractivity contribution in [2.24, 2.45) is 0 Å². The molecule has 2 aromatic carbocycles. The minimum Gasteiger partial charge on any atom is -0.472 e. The van der Waals surface area contributed by atoms with E-state index in [2.05, 4.69) is 5.32 Å². The van der Waals surface area contributed by atoms with E-state index in [0.29, 0.717) is 22.5 Å². The van der Waals surface area contributed by atoms with E-state index in [9.17, 15) is 9.18 Å². The first kappa shape index (κ1) is 16.9. The third-order valence-corrected chi connectivity index (χ3v) is 3.75. The number of halogens is 1. The molecule has 1 heterocycles. The molecular formula is C19H13FN4O2. The molecule has 26 heavy (non-hydrogen) atoms. The molecule has 0 aliphatic rings. The third kappa shape index (κ3) is 3.16. The quantitative estimate of drug-likeness (QED) is 0.494. The van der Waals surface area contributed by atoms with Crippen LogP contribution < -0.4 is 11.1 Å². The number of nitrogens with two attached hydrogens (primary N) is 1. The van der Waals surface area contributed by atoms with Crippen molar-refractivity contribution in [1.29, 1.82) is 10.7 Å². The Hall–Kier alpha value is -3.92. The maximum absolute atomic E-state index is 14.1. The predicted molar refractivity (Wildman–Crippen MR) is 94.6 cm³/mol. The molecule has 128 valence electrons. The highest BCUT2D eigenvalue weighted by Crippen LogP contribution is 2.22. The molecule has 0 fully saturated rings. The number of hydrogen-bond donors (Lipinski definition) is 3. The Morgan fingerprint density at radius 3 is 2.73 bits per heavy atom. The van der Waals surface area contributed by atoms with Crippen molar-refractivity contribution in [3.63, 3.8) is 0 Å². The van der Waals surface area contributed by atoms with E-state index in [1.54, 1.807) is 24.3 Å². The van der Waals surface area contributed by atoms with Crippen molar-refractivity contribution in [3.05, 3.63) is 83.1 Å². The van der Waals surface area contributed by atoms with Crippen LogP contribution in [0.5, 0.6) is 0 Å². The van der Waals surface area contributed by atoms with Crippen LogP contribution in [0.15, 0.2) is 59.4 Å². The fraction of sp³-hybridized carbons (Fsp3) is 0. The summed E-state index contributed by atoms with van der Waals surface area (Å²) < 4.78 is 19.1. The van der Waals surface area contributed by atoms with Gasteiger partial charge >= 0.3 is 0 Å². The van der Waals surface area contributed by atoms with Gasteiger partial charge in [-0.25, -0.2) is 4.39 Å². The summed E-state index contributed by atoms with van der Waals surface area (Å²) in [7, 11) is 0. The molecule has 6 nitrogen and oxygen atoms in total. The Kier molecular flexibility index (Phi) is 4.50. The van der Waals surface area contributed by atoms with Crippen LogP contribution in [-0.2, 0) is 0 Å². The molecule has 7 heteroatoms. The smallest absolute Gasteiger partial charge is 0.258 e. The highest BCUT2D eigenvalue weighted by molar-refractivity contribution is 6.14. The molecule has 1 aromatic heterocycles. The number of carbonyl (C=O) groups excluding carboxylic acids is 1. The minimum atomic E-state index is -0.880. The first-order chi connectivity index (χ1) is 12.5. The molecular weight excluding hydrogens is 335 g/mol. The van der Waals surface area contributed by atoms with Crippen molar-refractivity contribution in [1.82, 2.24) is 0 Å². The number of nitrogen functional groups attached to an aromatic ring is 1. The lowest BCUT2D eigenvalue weighted by Gasteiger charge is -2.11.